The van der Waals surface area contributed by atoms with Crippen molar-refractivity contribution in [3.05, 3.63) is 40.1 Å². The number of halogens is 3. The zero-order valence-electron chi connectivity index (χ0n) is 10.1. The number of nitrogens with two attached hydrogens (primary N) is 1. The molecule has 0 spiro atoms. The molecule has 0 aliphatic rings. The third-order valence-electron chi connectivity index (χ3n) is 2.45. The van der Waals surface area contributed by atoms with Gasteiger partial charge in [0, 0.05) is 17.6 Å². The van der Waals surface area contributed by atoms with E-state index in [9.17, 15) is 4.39 Å². The average Bonchev–Trinajstić information content (AvgIpc) is 2.35. The molecular formula is C13H16Cl2FNO. The van der Waals surface area contributed by atoms with Crippen LogP contribution >= 0.6 is 23.2 Å². The zero-order valence-corrected chi connectivity index (χ0v) is 11.6. The molecule has 18 heavy (non-hydrogen) atoms. The summed E-state index contributed by atoms with van der Waals surface area (Å²) in [5.74, 6) is 0.0711. The van der Waals surface area contributed by atoms with E-state index in [0.717, 1.165) is 12.0 Å². The van der Waals surface area contributed by atoms with Crippen LogP contribution in [0, 0.1) is 5.82 Å². The van der Waals surface area contributed by atoms with Crippen LogP contribution in [0.1, 0.15) is 18.9 Å². The lowest BCUT2D eigenvalue weighted by molar-refractivity contribution is 0.356. The van der Waals surface area contributed by atoms with Gasteiger partial charge < -0.3 is 10.5 Å². The van der Waals surface area contributed by atoms with Crippen LogP contribution in [0.5, 0.6) is 5.75 Å². The minimum Gasteiger partial charge on any atom is -0.488 e. The second kappa shape index (κ2) is 7.62. The maximum atomic E-state index is 13.4. The minimum absolute atomic E-state index is 0.0194. The number of hydrogen-bond donors (Lipinski definition) is 1. The highest BCUT2D eigenvalue weighted by Gasteiger charge is 2.06. The Labute approximate surface area is 117 Å². The monoisotopic (exact) mass is 291 g/mol. The molecule has 0 heterocycles. The van der Waals surface area contributed by atoms with E-state index >= 15 is 0 Å². The van der Waals surface area contributed by atoms with E-state index in [1.54, 1.807) is 6.07 Å². The summed E-state index contributed by atoms with van der Waals surface area (Å²) in [6.07, 6.45) is 1.46. The average molecular weight is 292 g/mol. The van der Waals surface area contributed by atoms with Crippen LogP contribution in [0.25, 0.3) is 0 Å². The fourth-order valence-electron chi connectivity index (χ4n) is 1.45. The molecule has 0 aliphatic carbocycles. The molecule has 1 aromatic rings. The highest BCUT2D eigenvalue weighted by atomic mass is 35.5. The fraction of sp³-hybridized carbons (Fsp3) is 0.385. The van der Waals surface area contributed by atoms with Gasteiger partial charge in [-0.05, 0) is 30.5 Å². The number of ether oxygens (including phenoxy) is 1. The van der Waals surface area contributed by atoms with Gasteiger partial charge in [-0.3, -0.25) is 0 Å². The van der Waals surface area contributed by atoms with Crippen molar-refractivity contribution in [1.29, 1.82) is 0 Å². The predicted octanol–water partition coefficient (Wildman–Crippen LogP) is 3.80. The van der Waals surface area contributed by atoms with Crippen LogP contribution in [-0.4, -0.2) is 12.6 Å². The fourth-order valence-corrected chi connectivity index (χ4v) is 1.57. The van der Waals surface area contributed by atoms with Crippen molar-refractivity contribution in [2.45, 2.75) is 25.8 Å². The predicted molar refractivity (Wildman–Crippen MR) is 73.7 cm³/mol. The Hall–Kier alpha value is -0.770. The van der Waals surface area contributed by atoms with Gasteiger partial charge in [-0.25, -0.2) is 4.39 Å². The van der Waals surface area contributed by atoms with Crippen molar-refractivity contribution in [3.8, 4) is 5.75 Å². The lowest BCUT2D eigenvalue weighted by atomic mass is 10.0. The summed E-state index contributed by atoms with van der Waals surface area (Å²) < 4.78 is 18.7. The van der Waals surface area contributed by atoms with Crippen LogP contribution in [0.4, 0.5) is 4.39 Å². The number of benzene rings is 1. The molecule has 0 fully saturated rings. The maximum absolute atomic E-state index is 13.4. The third-order valence-corrected chi connectivity index (χ3v) is 3.04. The summed E-state index contributed by atoms with van der Waals surface area (Å²) in [6, 6.07) is 4.54. The lowest BCUT2D eigenvalue weighted by Crippen LogP contribution is -2.21. The Balaban J connectivity index is 2.74. The Morgan fingerprint density at radius 3 is 2.83 bits per heavy atom. The second-order valence-electron chi connectivity index (χ2n) is 4.01. The molecule has 1 rings (SSSR count). The molecule has 1 aromatic carbocycles. The van der Waals surface area contributed by atoms with Gasteiger partial charge in [0.1, 0.15) is 18.2 Å². The quantitative estimate of drug-likeness (QED) is 0.865. The summed E-state index contributed by atoms with van der Waals surface area (Å²) in [4.78, 5) is 0. The van der Waals surface area contributed by atoms with E-state index in [4.69, 9.17) is 33.7 Å². The maximum Gasteiger partial charge on any atom is 0.127 e. The summed E-state index contributed by atoms with van der Waals surface area (Å²) in [7, 11) is 0. The Morgan fingerprint density at radius 2 is 2.22 bits per heavy atom. The summed E-state index contributed by atoms with van der Waals surface area (Å²) in [6.45, 7) is 2.11. The van der Waals surface area contributed by atoms with Gasteiger partial charge in [0.05, 0.1) is 5.03 Å². The van der Waals surface area contributed by atoms with Gasteiger partial charge in [0.25, 0.3) is 0 Å². The molecule has 0 saturated carbocycles. The van der Waals surface area contributed by atoms with Gasteiger partial charge in [0.2, 0.25) is 0 Å². The normalized spacial score (nSPS) is 13.5. The lowest BCUT2D eigenvalue weighted by Gasteiger charge is -2.11. The van der Waals surface area contributed by atoms with Crippen molar-refractivity contribution in [1.82, 2.24) is 0 Å². The first-order valence-electron chi connectivity index (χ1n) is 5.67. The molecule has 5 heteroatoms. The SMILES string of the molecule is CCC(N)Cc1cc(F)cc(OC/C(Cl)=C/Cl)c1. The first-order chi connectivity index (χ1) is 8.55. The van der Waals surface area contributed by atoms with Crippen molar-refractivity contribution in [2.75, 3.05) is 6.61 Å². The number of hydrogen-bond acceptors (Lipinski definition) is 2. The molecule has 0 radical (unpaired) electrons. The van der Waals surface area contributed by atoms with Gasteiger partial charge in [-0.1, -0.05) is 30.1 Å². The summed E-state index contributed by atoms with van der Waals surface area (Å²) >= 11 is 11.1. The zero-order chi connectivity index (χ0) is 13.5. The molecule has 0 bridgehead atoms. The van der Waals surface area contributed by atoms with Crippen molar-refractivity contribution >= 4 is 23.2 Å². The third kappa shape index (κ3) is 5.25. The molecule has 0 amide bonds. The van der Waals surface area contributed by atoms with Gasteiger partial charge >= 0.3 is 0 Å². The minimum atomic E-state index is -0.350. The Morgan fingerprint density at radius 1 is 1.50 bits per heavy atom. The van der Waals surface area contributed by atoms with Crippen LogP contribution < -0.4 is 10.5 Å². The van der Waals surface area contributed by atoms with Gasteiger partial charge in [-0.2, -0.15) is 0 Å². The molecule has 2 N–H and O–H groups in total. The molecule has 0 aromatic heterocycles. The van der Waals surface area contributed by atoms with Crippen LogP contribution in [0.15, 0.2) is 28.8 Å². The molecule has 1 unspecified atom stereocenters. The van der Waals surface area contributed by atoms with E-state index in [1.807, 2.05) is 6.92 Å². The van der Waals surface area contributed by atoms with Crippen molar-refractivity contribution in [3.63, 3.8) is 0 Å². The molecule has 0 aliphatic heterocycles. The van der Waals surface area contributed by atoms with E-state index in [0.29, 0.717) is 17.2 Å². The van der Waals surface area contributed by atoms with Crippen molar-refractivity contribution in [2.24, 2.45) is 5.73 Å². The van der Waals surface area contributed by atoms with Crippen LogP contribution in [0.2, 0.25) is 0 Å². The van der Waals surface area contributed by atoms with Crippen LogP contribution in [0.3, 0.4) is 0 Å². The Kier molecular flexibility index (Phi) is 6.47. The summed E-state index contributed by atoms with van der Waals surface area (Å²) in [5.41, 5.74) is 7.87. The van der Waals surface area contributed by atoms with E-state index < -0.39 is 0 Å². The Bertz CT molecular complexity index is 423. The molecule has 0 saturated heterocycles. The van der Waals surface area contributed by atoms with Crippen molar-refractivity contribution < 1.29 is 9.13 Å². The smallest absolute Gasteiger partial charge is 0.127 e. The highest BCUT2D eigenvalue weighted by Crippen LogP contribution is 2.19. The summed E-state index contributed by atoms with van der Waals surface area (Å²) in [5, 5.41) is 0.354. The largest absolute Gasteiger partial charge is 0.488 e. The highest BCUT2D eigenvalue weighted by molar-refractivity contribution is 6.36. The molecular weight excluding hydrogens is 276 g/mol. The van der Waals surface area contributed by atoms with E-state index in [2.05, 4.69) is 0 Å². The van der Waals surface area contributed by atoms with Crippen LogP contribution in [-0.2, 0) is 6.42 Å². The topological polar surface area (TPSA) is 35.2 Å². The number of rotatable bonds is 6. The standard InChI is InChI=1S/C13H16Cl2FNO/c1-2-12(17)4-9-3-11(16)6-13(5-9)18-8-10(15)7-14/h3,5-7,12H,2,4,8,17H2,1H3/b10-7-. The van der Waals surface area contributed by atoms with E-state index in [-0.39, 0.29) is 18.5 Å². The molecule has 100 valence electrons. The molecule has 2 nitrogen and oxygen atoms in total. The van der Waals surface area contributed by atoms with E-state index in [1.165, 1.54) is 17.7 Å². The first kappa shape index (κ1) is 15.3. The molecule has 1 atom stereocenters. The van der Waals surface area contributed by atoms with Gasteiger partial charge in [0.15, 0.2) is 0 Å². The van der Waals surface area contributed by atoms with Gasteiger partial charge in [-0.15, -0.1) is 0 Å². The second-order valence-corrected chi connectivity index (χ2v) is 4.72. The first-order valence-corrected chi connectivity index (χ1v) is 6.49.